The summed E-state index contributed by atoms with van der Waals surface area (Å²) in [4.78, 5) is 32.3. The molecule has 1 aliphatic heterocycles. The van der Waals surface area contributed by atoms with E-state index in [1.54, 1.807) is 26.0 Å². The van der Waals surface area contributed by atoms with Gasteiger partial charge in [-0.25, -0.2) is 0 Å². The van der Waals surface area contributed by atoms with Crippen molar-refractivity contribution in [3.63, 3.8) is 0 Å². The average Bonchev–Trinajstić information content (AvgIpc) is 2.72. The zero-order valence-electron chi connectivity index (χ0n) is 18.6. The molecule has 2 amide bonds. The van der Waals surface area contributed by atoms with Gasteiger partial charge in [-0.2, -0.15) is 0 Å². The highest BCUT2D eigenvalue weighted by molar-refractivity contribution is 14.0. The topological polar surface area (TPSA) is 77.0 Å². The lowest BCUT2D eigenvalue weighted by molar-refractivity contribution is -0.134. The average molecular weight is 529 g/mol. The predicted molar refractivity (Wildman–Crippen MR) is 133 cm³/mol. The molecule has 168 valence electrons. The Kier molecular flexibility index (Phi) is 11.8. The van der Waals surface area contributed by atoms with Gasteiger partial charge in [0.15, 0.2) is 5.96 Å². The van der Waals surface area contributed by atoms with E-state index < -0.39 is 0 Å². The fraction of sp³-hybridized carbons (Fsp3) is 0.591. The number of guanidine groups is 1. The summed E-state index contributed by atoms with van der Waals surface area (Å²) in [6.07, 6.45) is 4.67. The van der Waals surface area contributed by atoms with Crippen molar-refractivity contribution >= 4 is 41.8 Å². The Morgan fingerprint density at radius 3 is 2.60 bits per heavy atom. The minimum Gasteiger partial charge on any atom is -0.356 e. The molecular weight excluding hydrogens is 493 g/mol. The van der Waals surface area contributed by atoms with Crippen molar-refractivity contribution in [2.45, 2.75) is 45.1 Å². The van der Waals surface area contributed by atoms with Gasteiger partial charge in [0.25, 0.3) is 5.91 Å². The first-order valence-corrected chi connectivity index (χ1v) is 10.5. The summed E-state index contributed by atoms with van der Waals surface area (Å²) in [5.74, 6) is 0.900. The Morgan fingerprint density at radius 2 is 1.93 bits per heavy atom. The number of benzene rings is 1. The summed E-state index contributed by atoms with van der Waals surface area (Å²) in [5.41, 5.74) is 1.79. The number of hydrogen-bond donors (Lipinski definition) is 2. The van der Waals surface area contributed by atoms with Crippen LogP contribution in [0.3, 0.4) is 0 Å². The number of carbonyl (C=O) groups is 2. The Balaban J connectivity index is 0.00000450. The van der Waals surface area contributed by atoms with Gasteiger partial charge >= 0.3 is 0 Å². The van der Waals surface area contributed by atoms with Crippen LogP contribution in [0.5, 0.6) is 0 Å². The third-order valence-electron chi connectivity index (χ3n) is 5.26. The third kappa shape index (κ3) is 8.12. The Bertz CT molecular complexity index is 723. The van der Waals surface area contributed by atoms with E-state index in [0.717, 1.165) is 31.4 Å². The summed E-state index contributed by atoms with van der Waals surface area (Å²) < 4.78 is 0. The van der Waals surface area contributed by atoms with E-state index in [-0.39, 0.29) is 35.8 Å². The van der Waals surface area contributed by atoms with Crippen LogP contribution in [-0.4, -0.2) is 74.4 Å². The highest BCUT2D eigenvalue weighted by Gasteiger charge is 2.22. The molecule has 0 aromatic heterocycles. The quantitative estimate of drug-likeness (QED) is 0.324. The Labute approximate surface area is 197 Å². The lowest BCUT2D eigenvalue weighted by Gasteiger charge is -2.33. The van der Waals surface area contributed by atoms with Crippen molar-refractivity contribution in [3.8, 4) is 0 Å². The molecule has 0 aliphatic carbocycles. The SMILES string of the molecule is CN=C(NCCC(=O)N1CCCCC1C)NCCc1cccc(C(=O)N(C)C)c1.I. The van der Waals surface area contributed by atoms with Crippen LogP contribution in [0.25, 0.3) is 0 Å². The van der Waals surface area contributed by atoms with Gasteiger partial charge in [0.05, 0.1) is 0 Å². The molecule has 30 heavy (non-hydrogen) atoms. The molecule has 1 aromatic rings. The highest BCUT2D eigenvalue weighted by atomic mass is 127. The fourth-order valence-corrected chi connectivity index (χ4v) is 3.56. The van der Waals surface area contributed by atoms with Gasteiger partial charge in [0.1, 0.15) is 0 Å². The summed E-state index contributed by atoms with van der Waals surface area (Å²) in [7, 11) is 5.23. The Morgan fingerprint density at radius 1 is 1.20 bits per heavy atom. The fourth-order valence-electron chi connectivity index (χ4n) is 3.56. The summed E-state index contributed by atoms with van der Waals surface area (Å²) in [5, 5.41) is 6.49. The number of likely N-dealkylation sites (tertiary alicyclic amines) is 1. The van der Waals surface area contributed by atoms with E-state index in [0.29, 0.717) is 37.1 Å². The molecule has 1 unspecified atom stereocenters. The van der Waals surface area contributed by atoms with Gasteiger partial charge in [-0.3, -0.25) is 14.6 Å². The summed E-state index contributed by atoms with van der Waals surface area (Å²) >= 11 is 0. The summed E-state index contributed by atoms with van der Waals surface area (Å²) in [6.45, 7) is 4.26. The van der Waals surface area contributed by atoms with E-state index in [1.807, 2.05) is 29.2 Å². The second-order valence-corrected chi connectivity index (χ2v) is 7.76. The largest absolute Gasteiger partial charge is 0.356 e. The molecule has 0 bridgehead atoms. The molecule has 1 heterocycles. The molecule has 2 N–H and O–H groups in total. The maximum Gasteiger partial charge on any atom is 0.253 e. The normalized spacial score (nSPS) is 16.5. The van der Waals surface area contributed by atoms with Gasteiger partial charge in [-0.05, 0) is 50.3 Å². The van der Waals surface area contributed by atoms with Crippen molar-refractivity contribution in [1.82, 2.24) is 20.4 Å². The molecule has 2 rings (SSSR count). The zero-order valence-corrected chi connectivity index (χ0v) is 20.9. The zero-order chi connectivity index (χ0) is 21.2. The lowest BCUT2D eigenvalue weighted by atomic mass is 10.0. The first-order chi connectivity index (χ1) is 13.9. The van der Waals surface area contributed by atoms with E-state index >= 15 is 0 Å². The van der Waals surface area contributed by atoms with Crippen molar-refractivity contribution in [3.05, 3.63) is 35.4 Å². The van der Waals surface area contributed by atoms with Gasteiger partial charge in [0.2, 0.25) is 5.91 Å². The number of hydrogen-bond acceptors (Lipinski definition) is 3. The van der Waals surface area contributed by atoms with Crippen LogP contribution < -0.4 is 10.6 Å². The number of amides is 2. The van der Waals surface area contributed by atoms with Crippen molar-refractivity contribution in [2.75, 3.05) is 40.8 Å². The molecular formula is C22H36IN5O2. The smallest absolute Gasteiger partial charge is 0.253 e. The van der Waals surface area contributed by atoms with E-state index in [9.17, 15) is 9.59 Å². The van der Waals surface area contributed by atoms with Crippen LogP contribution >= 0.6 is 24.0 Å². The number of nitrogens with zero attached hydrogens (tertiary/aromatic N) is 3. The number of nitrogens with one attached hydrogen (secondary N) is 2. The maximum atomic E-state index is 12.4. The number of halogens is 1. The Hall–Kier alpha value is -1.84. The molecule has 1 aliphatic rings. The second kappa shape index (κ2) is 13.5. The van der Waals surface area contributed by atoms with Gasteiger partial charge in [0, 0.05) is 58.8 Å². The van der Waals surface area contributed by atoms with Gasteiger partial charge in [-0.1, -0.05) is 12.1 Å². The molecule has 1 fully saturated rings. The molecule has 8 heteroatoms. The van der Waals surface area contributed by atoms with E-state index in [4.69, 9.17) is 0 Å². The number of aliphatic imine (C=N–C) groups is 1. The summed E-state index contributed by atoms with van der Waals surface area (Å²) in [6, 6.07) is 8.04. The standard InChI is InChI=1S/C22H35N5O2.HI/c1-17-8-5-6-15-27(17)20(28)12-14-25-22(23-2)24-13-11-18-9-7-10-19(16-18)21(29)26(3)4;/h7,9-10,16-17H,5-6,8,11-15H2,1-4H3,(H2,23,24,25);1H. The molecule has 0 radical (unpaired) electrons. The van der Waals surface area contributed by atoms with Crippen LogP contribution in [0.4, 0.5) is 0 Å². The number of carbonyl (C=O) groups excluding carboxylic acids is 2. The van der Waals surface area contributed by atoms with Crippen molar-refractivity contribution in [1.29, 1.82) is 0 Å². The second-order valence-electron chi connectivity index (χ2n) is 7.76. The van der Waals surface area contributed by atoms with Crippen LogP contribution in [0.15, 0.2) is 29.3 Å². The van der Waals surface area contributed by atoms with Crippen LogP contribution in [-0.2, 0) is 11.2 Å². The van der Waals surface area contributed by atoms with E-state index in [1.165, 1.54) is 6.42 Å². The molecule has 1 saturated heterocycles. The van der Waals surface area contributed by atoms with Crippen LogP contribution in [0.2, 0.25) is 0 Å². The molecule has 0 saturated carbocycles. The molecule has 1 atom stereocenters. The molecule has 0 spiro atoms. The molecule has 1 aromatic carbocycles. The number of rotatable bonds is 7. The van der Waals surface area contributed by atoms with E-state index in [2.05, 4.69) is 22.5 Å². The van der Waals surface area contributed by atoms with Crippen molar-refractivity contribution in [2.24, 2.45) is 4.99 Å². The number of piperidine rings is 1. The molecule has 7 nitrogen and oxygen atoms in total. The minimum atomic E-state index is 0. The first-order valence-electron chi connectivity index (χ1n) is 10.5. The van der Waals surface area contributed by atoms with Gasteiger partial charge < -0.3 is 20.4 Å². The van der Waals surface area contributed by atoms with Crippen LogP contribution in [0, 0.1) is 0 Å². The predicted octanol–water partition coefficient (Wildman–Crippen LogP) is 2.51. The minimum absolute atomic E-state index is 0. The lowest BCUT2D eigenvalue weighted by Crippen LogP contribution is -2.44. The maximum absolute atomic E-state index is 12.4. The highest BCUT2D eigenvalue weighted by Crippen LogP contribution is 2.17. The third-order valence-corrected chi connectivity index (χ3v) is 5.26. The monoisotopic (exact) mass is 529 g/mol. The van der Waals surface area contributed by atoms with Crippen LogP contribution in [0.1, 0.15) is 48.5 Å². The van der Waals surface area contributed by atoms with Gasteiger partial charge in [-0.15, -0.1) is 24.0 Å². The first kappa shape index (κ1) is 26.2. The van der Waals surface area contributed by atoms with Crippen molar-refractivity contribution < 1.29 is 9.59 Å².